The predicted octanol–water partition coefficient (Wildman–Crippen LogP) is 0.865. The molecule has 2 aromatic rings. The lowest BCUT2D eigenvalue weighted by atomic mass is 10.2. The van der Waals surface area contributed by atoms with Crippen LogP contribution in [0.2, 0.25) is 0 Å². The molecule has 0 bridgehead atoms. The van der Waals surface area contributed by atoms with E-state index in [1.807, 2.05) is 0 Å². The molecule has 0 unspecified atom stereocenters. The first-order valence-corrected chi connectivity index (χ1v) is 4.16. The van der Waals surface area contributed by atoms with E-state index in [0.717, 1.165) is 0 Å². The topological polar surface area (TPSA) is 56.7 Å². The Hall–Kier alpha value is -1.75. The summed E-state index contributed by atoms with van der Waals surface area (Å²) in [5.41, 5.74) is 5.81. The van der Waals surface area contributed by atoms with E-state index in [2.05, 4.69) is 10.1 Å². The van der Waals surface area contributed by atoms with Gasteiger partial charge in [-0.25, -0.2) is 14.1 Å². The summed E-state index contributed by atoms with van der Waals surface area (Å²) in [5, 5.41) is 3.90. The maximum Gasteiger partial charge on any atom is 0.189 e. The SMILES string of the molecule is NCc1ccnc(-n2cccn2)c1F. The Kier molecular flexibility index (Phi) is 2.24. The maximum absolute atomic E-state index is 13.6. The van der Waals surface area contributed by atoms with Gasteiger partial charge in [0.1, 0.15) is 0 Å². The predicted molar refractivity (Wildman–Crippen MR) is 49.2 cm³/mol. The van der Waals surface area contributed by atoms with Crippen LogP contribution >= 0.6 is 0 Å². The molecule has 0 aromatic carbocycles. The lowest BCUT2D eigenvalue weighted by molar-refractivity contribution is 0.585. The highest BCUT2D eigenvalue weighted by Gasteiger charge is 2.09. The second-order valence-electron chi connectivity index (χ2n) is 2.76. The zero-order valence-electron chi connectivity index (χ0n) is 7.39. The lowest BCUT2D eigenvalue weighted by Gasteiger charge is -2.04. The third-order valence-corrected chi connectivity index (χ3v) is 1.89. The molecular formula is C9H9FN4. The number of aromatic nitrogens is 3. The summed E-state index contributed by atoms with van der Waals surface area (Å²) in [7, 11) is 0. The van der Waals surface area contributed by atoms with E-state index in [4.69, 9.17) is 5.73 Å². The molecule has 2 rings (SSSR count). The molecule has 0 atom stereocenters. The summed E-state index contributed by atoms with van der Waals surface area (Å²) in [5.74, 6) is -0.239. The summed E-state index contributed by atoms with van der Waals surface area (Å²) in [4.78, 5) is 3.90. The highest BCUT2D eigenvalue weighted by molar-refractivity contribution is 5.29. The Labute approximate surface area is 80.2 Å². The number of nitrogens with zero attached hydrogens (tertiary/aromatic N) is 3. The van der Waals surface area contributed by atoms with Gasteiger partial charge in [-0.15, -0.1) is 0 Å². The van der Waals surface area contributed by atoms with Crippen LogP contribution < -0.4 is 5.73 Å². The fourth-order valence-corrected chi connectivity index (χ4v) is 1.18. The Morgan fingerprint density at radius 3 is 2.93 bits per heavy atom. The molecule has 2 heterocycles. The van der Waals surface area contributed by atoms with E-state index >= 15 is 0 Å². The number of nitrogens with two attached hydrogens (primary N) is 1. The molecular weight excluding hydrogens is 183 g/mol. The van der Waals surface area contributed by atoms with E-state index in [0.29, 0.717) is 5.56 Å². The lowest BCUT2D eigenvalue weighted by Crippen LogP contribution is -2.07. The van der Waals surface area contributed by atoms with E-state index in [-0.39, 0.29) is 12.4 Å². The maximum atomic E-state index is 13.6. The second kappa shape index (κ2) is 3.55. The van der Waals surface area contributed by atoms with Crippen molar-refractivity contribution in [3.8, 4) is 5.82 Å². The highest BCUT2D eigenvalue weighted by atomic mass is 19.1. The van der Waals surface area contributed by atoms with E-state index < -0.39 is 5.82 Å². The van der Waals surface area contributed by atoms with Crippen LogP contribution in [0.15, 0.2) is 30.7 Å². The molecule has 0 radical (unpaired) electrons. The van der Waals surface area contributed by atoms with Gasteiger partial charge in [-0.1, -0.05) is 0 Å². The van der Waals surface area contributed by atoms with Gasteiger partial charge in [-0.2, -0.15) is 5.10 Å². The normalized spacial score (nSPS) is 10.4. The van der Waals surface area contributed by atoms with Gasteiger partial charge in [0, 0.05) is 30.7 Å². The number of hydrogen-bond acceptors (Lipinski definition) is 3. The Balaban J connectivity index is 2.54. The van der Waals surface area contributed by atoms with Crippen molar-refractivity contribution in [2.24, 2.45) is 5.73 Å². The Bertz CT molecular complexity index is 424. The molecule has 0 amide bonds. The number of hydrogen-bond donors (Lipinski definition) is 1. The largest absolute Gasteiger partial charge is 0.326 e. The van der Waals surface area contributed by atoms with E-state index in [9.17, 15) is 4.39 Å². The minimum atomic E-state index is -0.418. The average molecular weight is 192 g/mol. The van der Waals surface area contributed by atoms with Crippen LogP contribution in [0.3, 0.4) is 0 Å². The molecule has 0 aliphatic rings. The van der Waals surface area contributed by atoms with Gasteiger partial charge >= 0.3 is 0 Å². The average Bonchev–Trinajstić information content (AvgIpc) is 2.71. The quantitative estimate of drug-likeness (QED) is 0.767. The van der Waals surface area contributed by atoms with Crippen molar-refractivity contribution in [3.05, 3.63) is 42.1 Å². The minimum absolute atomic E-state index is 0.155. The van der Waals surface area contributed by atoms with Crippen molar-refractivity contribution in [2.45, 2.75) is 6.54 Å². The van der Waals surface area contributed by atoms with Crippen LogP contribution in [0.4, 0.5) is 4.39 Å². The first-order valence-electron chi connectivity index (χ1n) is 4.16. The molecule has 0 saturated carbocycles. The molecule has 0 spiro atoms. The summed E-state index contributed by atoms with van der Waals surface area (Å²) >= 11 is 0. The number of rotatable bonds is 2. The van der Waals surface area contributed by atoms with Gasteiger partial charge in [-0.3, -0.25) is 0 Å². The third-order valence-electron chi connectivity index (χ3n) is 1.89. The van der Waals surface area contributed by atoms with Crippen LogP contribution in [-0.2, 0) is 6.54 Å². The molecule has 0 aliphatic heterocycles. The Morgan fingerprint density at radius 2 is 2.29 bits per heavy atom. The van der Waals surface area contributed by atoms with Crippen molar-refractivity contribution in [2.75, 3.05) is 0 Å². The van der Waals surface area contributed by atoms with Crippen LogP contribution in [0.5, 0.6) is 0 Å². The summed E-state index contributed by atoms with van der Waals surface area (Å²) in [6.45, 7) is 0.155. The van der Waals surface area contributed by atoms with Crippen molar-refractivity contribution >= 4 is 0 Å². The molecule has 0 fully saturated rings. The molecule has 4 nitrogen and oxygen atoms in total. The van der Waals surface area contributed by atoms with E-state index in [1.165, 1.54) is 10.9 Å². The summed E-state index contributed by atoms with van der Waals surface area (Å²) in [6.07, 6.45) is 4.71. The van der Waals surface area contributed by atoms with Gasteiger partial charge in [0.05, 0.1) is 0 Å². The zero-order chi connectivity index (χ0) is 9.97. The third kappa shape index (κ3) is 1.38. The standard InChI is InChI=1S/C9H9FN4/c10-8-7(6-11)2-4-12-9(8)14-5-1-3-13-14/h1-5H,6,11H2. The second-order valence-corrected chi connectivity index (χ2v) is 2.76. The van der Waals surface area contributed by atoms with Crippen molar-refractivity contribution in [1.82, 2.24) is 14.8 Å². The smallest absolute Gasteiger partial charge is 0.189 e. The fourth-order valence-electron chi connectivity index (χ4n) is 1.18. The molecule has 2 aromatic heterocycles. The molecule has 0 saturated heterocycles. The first-order chi connectivity index (χ1) is 6.83. The zero-order valence-corrected chi connectivity index (χ0v) is 7.39. The molecule has 14 heavy (non-hydrogen) atoms. The van der Waals surface area contributed by atoms with Gasteiger partial charge < -0.3 is 5.73 Å². The number of pyridine rings is 1. The molecule has 0 aliphatic carbocycles. The van der Waals surface area contributed by atoms with Crippen LogP contribution in [0.1, 0.15) is 5.56 Å². The summed E-state index contributed by atoms with van der Waals surface area (Å²) in [6, 6.07) is 3.26. The van der Waals surface area contributed by atoms with Crippen LogP contribution in [0, 0.1) is 5.82 Å². The fraction of sp³-hybridized carbons (Fsp3) is 0.111. The molecule has 5 heteroatoms. The van der Waals surface area contributed by atoms with Gasteiger partial charge in [0.2, 0.25) is 0 Å². The van der Waals surface area contributed by atoms with Crippen LogP contribution in [0.25, 0.3) is 5.82 Å². The van der Waals surface area contributed by atoms with Crippen molar-refractivity contribution in [1.29, 1.82) is 0 Å². The number of halogens is 1. The van der Waals surface area contributed by atoms with E-state index in [1.54, 1.807) is 24.5 Å². The minimum Gasteiger partial charge on any atom is -0.326 e. The van der Waals surface area contributed by atoms with Gasteiger partial charge in [0.25, 0.3) is 0 Å². The van der Waals surface area contributed by atoms with Gasteiger partial charge in [0.15, 0.2) is 11.6 Å². The van der Waals surface area contributed by atoms with Crippen LogP contribution in [-0.4, -0.2) is 14.8 Å². The Morgan fingerprint density at radius 1 is 1.43 bits per heavy atom. The highest BCUT2D eigenvalue weighted by Crippen LogP contribution is 2.12. The summed E-state index contributed by atoms with van der Waals surface area (Å²) < 4.78 is 15.0. The molecule has 2 N–H and O–H groups in total. The van der Waals surface area contributed by atoms with Crippen molar-refractivity contribution in [3.63, 3.8) is 0 Å². The monoisotopic (exact) mass is 192 g/mol. The first kappa shape index (κ1) is 8.83. The van der Waals surface area contributed by atoms with Gasteiger partial charge in [-0.05, 0) is 12.1 Å². The molecule has 72 valence electrons. The van der Waals surface area contributed by atoms with Crippen molar-refractivity contribution < 1.29 is 4.39 Å².